The van der Waals surface area contributed by atoms with Crippen LogP contribution in [0.5, 0.6) is 0 Å². The molecule has 0 aliphatic carbocycles. The Morgan fingerprint density at radius 2 is 1.87 bits per heavy atom. The first-order valence-electron chi connectivity index (χ1n) is 4.96. The quantitative estimate of drug-likeness (QED) is 0.687. The van der Waals surface area contributed by atoms with E-state index in [2.05, 4.69) is 5.32 Å². The van der Waals surface area contributed by atoms with E-state index in [0.29, 0.717) is 6.42 Å². The van der Waals surface area contributed by atoms with Crippen molar-refractivity contribution in [1.82, 2.24) is 5.32 Å². The van der Waals surface area contributed by atoms with Crippen molar-refractivity contribution < 1.29 is 19.1 Å². The van der Waals surface area contributed by atoms with Gasteiger partial charge in [0.05, 0.1) is 0 Å². The van der Waals surface area contributed by atoms with Gasteiger partial charge < -0.3 is 4.74 Å². The lowest BCUT2D eigenvalue weighted by Crippen LogP contribution is -2.39. The molecule has 1 N–H and O–H groups in total. The Labute approximate surface area is 89.2 Å². The summed E-state index contributed by atoms with van der Waals surface area (Å²) in [6, 6.07) is 0. The van der Waals surface area contributed by atoms with Crippen LogP contribution in [0.15, 0.2) is 0 Å². The first-order chi connectivity index (χ1) is 6.97. The Bertz CT molecular complexity index is 250. The molecule has 0 aromatic rings. The zero-order valence-electron chi connectivity index (χ0n) is 9.33. The largest absolute Gasteiger partial charge is 0.452 e. The molecule has 0 saturated carbocycles. The van der Waals surface area contributed by atoms with E-state index in [1.165, 1.54) is 13.8 Å². The molecule has 0 aromatic carbocycles. The molecule has 2 amide bonds. The molecule has 0 saturated heterocycles. The fraction of sp³-hybridized carbons (Fsp3) is 0.700. The van der Waals surface area contributed by atoms with Crippen molar-refractivity contribution in [2.45, 2.75) is 46.1 Å². The van der Waals surface area contributed by atoms with Crippen molar-refractivity contribution in [3.8, 4) is 0 Å². The van der Waals surface area contributed by atoms with Gasteiger partial charge in [0, 0.05) is 13.8 Å². The monoisotopic (exact) mass is 215 g/mol. The van der Waals surface area contributed by atoms with Crippen molar-refractivity contribution in [3.63, 3.8) is 0 Å². The van der Waals surface area contributed by atoms with Gasteiger partial charge in [0.1, 0.15) is 0 Å². The van der Waals surface area contributed by atoms with E-state index in [1.54, 1.807) is 0 Å². The third-order valence-electron chi connectivity index (χ3n) is 1.72. The van der Waals surface area contributed by atoms with Crippen LogP contribution >= 0.6 is 0 Å². The van der Waals surface area contributed by atoms with Gasteiger partial charge >= 0.3 is 5.97 Å². The lowest BCUT2D eigenvalue weighted by atomic mass is 10.1. The molecule has 0 bridgehead atoms. The van der Waals surface area contributed by atoms with E-state index >= 15 is 0 Å². The summed E-state index contributed by atoms with van der Waals surface area (Å²) in [6.07, 6.45) is 1.25. The Balaban J connectivity index is 4.26. The zero-order valence-corrected chi connectivity index (χ0v) is 9.33. The second-order valence-corrected chi connectivity index (χ2v) is 3.29. The molecular formula is C10H17NO4. The van der Waals surface area contributed by atoms with Gasteiger partial charge in [0.25, 0.3) is 5.91 Å². The van der Waals surface area contributed by atoms with Crippen LogP contribution in [-0.2, 0) is 19.1 Å². The zero-order chi connectivity index (χ0) is 11.8. The van der Waals surface area contributed by atoms with Crippen LogP contribution in [-0.4, -0.2) is 23.9 Å². The number of hydrogen-bond acceptors (Lipinski definition) is 4. The van der Waals surface area contributed by atoms with Crippen LogP contribution in [0, 0.1) is 0 Å². The normalized spacial score (nSPS) is 11.7. The van der Waals surface area contributed by atoms with Crippen molar-refractivity contribution in [2.75, 3.05) is 0 Å². The fourth-order valence-electron chi connectivity index (χ4n) is 1.09. The van der Waals surface area contributed by atoms with Gasteiger partial charge in [0.2, 0.25) is 5.91 Å². The number of amides is 2. The molecule has 1 atom stereocenters. The van der Waals surface area contributed by atoms with Crippen LogP contribution < -0.4 is 5.32 Å². The second-order valence-electron chi connectivity index (χ2n) is 3.29. The maximum Gasteiger partial charge on any atom is 0.303 e. The predicted molar refractivity (Wildman–Crippen MR) is 53.9 cm³/mol. The topological polar surface area (TPSA) is 72.5 Å². The summed E-state index contributed by atoms with van der Waals surface area (Å²) in [5.41, 5.74) is 0. The first kappa shape index (κ1) is 13.6. The summed E-state index contributed by atoms with van der Waals surface area (Å²) in [7, 11) is 0. The van der Waals surface area contributed by atoms with Crippen LogP contribution in [0.3, 0.4) is 0 Å². The molecule has 86 valence electrons. The van der Waals surface area contributed by atoms with E-state index in [0.717, 1.165) is 12.8 Å². The Hall–Kier alpha value is -1.39. The molecule has 0 aliphatic rings. The molecule has 0 spiro atoms. The highest BCUT2D eigenvalue weighted by Gasteiger charge is 2.21. The summed E-state index contributed by atoms with van der Waals surface area (Å²) >= 11 is 0. The van der Waals surface area contributed by atoms with E-state index in [1.807, 2.05) is 6.92 Å². The number of ether oxygens (including phenoxy) is 1. The van der Waals surface area contributed by atoms with Crippen LogP contribution in [0.2, 0.25) is 0 Å². The minimum Gasteiger partial charge on any atom is -0.452 e. The van der Waals surface area contributed by atoms with Crippen LogP contribution in [0.25, 0.3) is 0 Å². The smallest absolute Gasteiger partial charge is 0.303 e. The molecule has 0 rings (SSSR count). The molecule has 0 radical (unpaired) electrons. The number of esters is 1. The third-order valence-corrected chi connectivity index (χ3v) is 1.72. The van der Waals surface area contributed by atoms with Gasteiger partial charge in [-0.05, 0) is 12.8 Å². The van der Waals surface area contributed by atoms with Crippen molar-refractivity contribution >= 4 is 17.8 Å². The van der Waals surface area contributed by atoms with E-state index in [9.17, 15) is 14.4 Å². The molecule has 0 aliphatic heterocycles. The summed E-state index contributed by atoms with van der Waals surface area (Å²) in [5, 5.41) is 2.10. The Morgan fingerprint density at radius 3 is 2.27 bits per heavy atom. The molecule has 5 heteroatoms. The highest BCUT2D eigenvalue weighted by molar-refractivity contribution is 5.96. The Kier molecular flexibility index (Phi) is 6.33. The number of hydrogen-bond donors (Lipinski definition) is 1. The van der Waals surface area contributed by atoms with Gasteiger partial charge in [-0.25, -0.2) is 0 Å². The predicted octanol–water partition coefficient (Wildman–Crippen LogP) is 0.771. The molecule has 0 unspecified atom stereocenters. The van der Waals surface area contributed by atoms with E-state index in [4.69, 9.17) is 4.74 Å². The molecule has 5 nitrogen and oxygen atoms in total. The van der Waals surface area contributed by atoms with E-state index < -0.39 is 23.9 Å². The van der Waals surface area contributed by atoms with E-state index in [-0.39, 0.29) is 0 Å². The number of unbranched alkanes of at least 4 members (excludes halogenated alkanes) is 1. The van der Waals surface area contributed by atoms with Gasteiger partial charge in [0.15, 0.2) is 6.10 Å². The minimum atomic E-state index is -0.855. The fourth-order valence-corrected chi connectivity index (χ4v) is 1.09. The summed E-state index contributed by atoms with van der Waals surface area (Å²) < 4.78 is 4.81. The van der Waals surface area contributed by atoms with Crippen LogP contribution in [0.1, 0.15) is 40.0 Å². The van der Waals surface area contributed by atoms with Crippen molar-refractivity contribution in [1.29, 1.82) is 0 Å². The number of nitrogens with one attached hydrogen (secondary N) is 1. The van der Waals surface area contributed by atoms with Crippen LogP contribution in [0.4, 0.5) is 0 Å². The molecule has 0 heterocycles. The first-order valence-corrected chi connectivity index (χ1v) is 4.96. The van der Waals surface area contributed by atoms with Crippen molar-refractivity contribution in [3.05, 3.63) is 0 Å². The van der Waals surface area contributed by atoms with Crippen molar-refractivity contribution in [2.24, 2.45) is 0 Å². The SMILES string of the molecule is CCCC[C@H](OC(C)=O)C(=O)NC(C)=O. The number of carbonyl (C=O) groups excluding carboxylic acids is 3. The number of rotatable bonds is 5. The average Bonchev–Trinajstić information content (AvgIpc) is 2.10. The molecule has 0 aromatic heterocycles. The maximum absolute atomic E-state index is 11.4. The summed E-state index contributed by atoms with van der Waals surface area (Å²) in [5.74, 6) is -1.52. The number of imide groups is 1. The van der Waals surface area contributed by atoms with Gasteiger partial charge in [-0.1, -0.05) is 13.3 Å². The maximum atomic E-state index is 11.4. The lowest BCUT2D eigenvalue weighted by Gasteiger charge is -2.15. The average molecular weight is 215 g/mol. The van der Waals surface area contributed by atoms with Gasteiger partial charge in [-0.3, -0.25) is 19.7 Å². The van der Waals surface area contributed by atoms with Gasteiger partial charge in [-0.15, -0.1) is 0 Å². The Morgan fingerprint density at radius 1 is 1.27 bits per heavy atom. The number of carbonyl (C=O) groups is 3. The summed E-state index contributed by atoms with van der Waals surface area (Å²) in [4.78, 5) is 32.8. The molecular weight excluding hydrogens is 198 g/mol. The van der Waals surface area contributed by atoms with Gasteiger partial charge in [-0.2, -0.15) is 0 Å². The molecule has 0 fully saturated rings. The highest BCUT2D eigenvalue weighted by Crippen LogP contribution is 2.05. The standard InChI is InChI=1S/C10H17NO4/c1-4-5-6-9(15-8(3)13)10(14)11-7(2)12/h9H,4-6H2,1-3H3,(H,11,12,14)/t9-/m0/s1. The minimum absolute atomic E-state index is 0.440. The summed E-state index contributed by atoms with van der Waals surface area (Å²) in [6.45, 7) is 4.44. The third kappa shape index (κ3) is 6.65. The second kappa shape index (κ2) is 6.98. The lowest BCUT2D eigenvalue weighted by molar-refractivity contribution is -0.155. The molecule has 15 heavy (non-hydrogen) atoms. The highest BCUT2D eigenvalue weighted by atomic mass is 16.5.